The highest BCUT2D eigenvalue weighted by Gasteiger charge is 2.10. The molecular formula is C18H19N. The zero-order valence-electron chi connectivity index (χ0n) is 11.8. The molecule has 2 aromatic carbocycles. The first-order valence-electron chi connectivity index (χ1n) is 7.05. The Hall–Kier alpha value is -1.89. The first-order valence-corrected chi connectivity index (χ1v) is 7.05. The average molecular weight is 249 g/mol. The lowest BCUT2D eigenvalue weighted by molar-refractivity contribution is 0.962. The zero-order valence-corrected chi connectivity index (χ0v) is 11.8. The van der Waals surface area contributed by atoms with Crippen molar-refractivity contribution in [1.82, 2.24) is 4.98 Å². The van der Waals surface area contributed by atoms with Crippen molar-refractivity contribution in [3.05, 3.63) is 53.3 Å². The normalized spacial score (nSPS) is 11.3. The summed E-state index contributed by atoms with van der Waals surface area (Å²) in [6.07, 6.45) is 2.05. The van der Waals surface area contributed by atoms with E-state index in [0.29, 0.717) is 0 Å². The molecule has 1 nitrogen and oxygen atoms in total. The third kappa shape index (κ3) is 1.90. The molecule has 0 saturated heterocycles. The van der Waals surface area contributed by atoms with E-state index in [9.17, 15) is 0 Å². The molecule has 3 aromatic rings. The molecule has 0 saturated carbocycles. The Kier molecular flexibility index (Phi) is 2.98. The Balaban J connectivity index is 2.48. The standard InChI is InChI=1S/C18H19N/c1-4-15-17-11-14-9-7-6-8-13(14)10-16(17)12(3)19-18(15)5-2/h6-11H,4-5H2,1-3H3. The first-order chi connectivity index (χ1) is 9.24. The Labute approximate surface area is 114 Å². The van der Waals surface area contributed by atoms with Crippen molar-refractivity contribution >= 4 is 21.5 Å². The topological polar surface area (TPSA) is 12.9 Å². The van der Waals surface area contributed by atoms with E-state index < -0.39 is 0 Å². The fourth-order valence-electron chi connectivity index (χ4n) is 2.96. The van der Waals surface area contributed by atoms with E-state index in [4.69, 9.17) is 4.98 Å². The van der Waals surface area contributed by atoms with Gasteiger partial charge < -0.3 is 0 Å². The van der Waals surface area contributed by atoms with E-state index in [1.165, 1.54) is 32.8 Å². The number of aromatic nitrogens is 1. The molecule has 0 aliphatic rings. The smallest absolute Gasteiger partial charge is 0.0454 e. The number of pyridine rings is 1. The van der Waals surface area contributed by atoms with Gasteiger partial charge >= 0.3 is 0 Å². The second kappa shape index (κ2) is 4.65. The van der Waals surface area contributed by atoms with Gasteiger partial charge in [0.05, 0.1) is 0 Å². The molecule has 0 atom stereocenters. The van der Waals surface area contributed by atoms with Gasteiger partial charge in [-0.3, -0.25) is 4.98 Å². The Bertz CT molecular complexity index is 756. The van der Waals surface area contributed by atoms with E-state index in [1.807, 2.05) is 0 Å². The van der Waals surface area contributed by atoms with E-state index in [0.717, 1.165) is 18.5 Å². The fourth-order valence-corrected chi connectivity index (χ4v) is 2.96. The summed E-state index contributed by atoms with van der Waals surface area (Å²) in [4.78, 5) is 4.80. The van der Waals surface area contributed by atoms with Gasteiger partial charge in [-0.25, -0.2) is 0 Å². The summed E-state index contributed by atoms with van der Waals surface area (Å²) in [5, 5.41) is 5.29. The average Bonchev–Trinajstić information content (AvgIpc) is 2.45. The van der Waals surface area contributed by atoms with E-state index in [2.05, 4.69) is 57.2 Å². The SMILES string of the molecule is CCc1nc(C)c2cc3ccccc3cc2c1CC. The van der Waals surface area contributed by atoms with Crippen LogP contribution in [-0.4, -0.2) is 4.98 Å². The van der Waals surface area contributed by atoms with Crippen LogP contribution in [0.25, 0.3) is 21.5 Å². The highest BCUT2D eigenvalue weighted by Crippen LogP contribution is 2.29. The number of fused-ring (bicyclic) bond motifs is 2. The summed E-state index contributed by atoms with van der Waals surface area (Å²) in [5.41, 5.74) is 3.81. The maximum atomic E-state index is 4.80. The van der Waals surface area contributed by atoms with Crippen LogP contribution < -0.4 is 0 Å². The van der Waals surface area contributed by atoms with Crippen LogP contribution >= 0.6 is 0 Å². The second-order valence-electron chi connectivity index (χ2n) is 5.07. The monoisotopic (exact) mass is 249 g/mol. The number of nitrogens with zero attached hydrogens (tertiary/aromatic N) is 1. The Morgan fingerprint density at radius 2 is 1.53 bits per heavy atom. The van der Waals surface area contributed by atoms with E-state index in [-0.39, 0.29) is 0 Å². The van der Waals surface area contributed by atoms with Crippen LogP contribution in [0.1, 0.15) is 30.8 Å². The van der Waals surface area contributed by atoms with Crippen LogP contribution in [-0.2, 0) is 12.8 Å². The van der Waals surface area contributed by atoms with Crippen LogP contribution in [0.5, 0.6) is 0 Å². The molecule has 1 heteroatoms. The minimum atomic E-state index is 1.01. The van der Waals surface area contributed by atoms with Crippen molar-refractivity contribution in [1.29, 1.82) is 0 Å². The van der Waals surface area contributed by atoms with Crippen LogP contribution in [0.2, 0.25) is 0 Å². The third-order valence-electron chi connectivity index (χ3n) is 3.94. The minimum Gasteiger partial charge on any atom is -0.257 e. The summed E-state index contributed by atoms with van der Waals surface area (Å²) in [6, 6.07) is 13.2. The molecule has 96 valence electrons. The van der Waals surface area contributed by atoms with Gasteiger partial charge in [-0.05, 0) is 53.6 Å². The number of rotatable bonds is 2. The maximum absolute atomic E-state index is 4.80. The molecule has 0 unspecified atom stereocenters. The molecule has 0 aliphatic heterocycles. The molecule has 0 amide bonds. The maximum Gasteiger partial charge on any atom is 0.0454 e. The quantitative estimate of drug-likeness (QED) is 0.593. The van der Waals surface area contributed by atoms with Crippen LogP contribution in [0.15, 0.2) is 36.4 Å². The molecule has 19 heavy (non-hydrogen) atoms. The number of aryl methyl sites for hydroxylation is 3. The lowest BCUT2D eigenvalue weighted by Gasteiger charge is -2.13. The molecule has 0 radical (unpaired) electrons. The van der Waals surface area contributed by atoms with E-state index in [1.54, 1.807) is 0 Å². The molecule has 0 bridgehead atoms. The lowest BCUT2D eigenvalue weighted by Crippen LogP contribution is -2.00. The summed E-state index contributed by atoms with van der Waals surface area (Å²) >= 11 is 0. The summed E-state index contributed by atoms with van der Waals surface area (Å²) in [6.45, 7) is 6.53. The highest BCUT2D eigenvalue weighted by atomic mass is 14.7. The predicted octanol–water partition coefficient (Wildman–Crippen LogP) is 4.82. The van der Waals surface area contributed by atoms with Crippen LogP contribution in [0, 0.1) is 6.92 Å². The molecule has 1 aromatic heterocycles. The Morgan fingerprint density at radius 1 is 0.895 bits per heavy atom. The third-order valence-corrected chi connectivity index (χ3v) is 3.94. The van der Waals surface area contributed by atoms with Crippen molar-refractivity contribution in [3.63, 3.8) is 0 Å². The zero-order chi connectivity index (χ0) is 13.4. The first kappa shape index (κ1) is 12.2. The van der Waals surface area contributed by atoms with E-state index >= 15 is 0 Å². The van der Waals surface area contributed by atoms with Crippen molar-refractivity contribution < 1.29 is 0 Å². The molecular weight excluding hydrogens is 230 g/mol. The number of benzene rings is 2. The largest absolute Gasteiger partial charge is 0.257 e. The van der Waals surface area contributed by atoms with Gasteiger partial charge in [-0.1, -0.05) is 38.1 Å². The lowest BCUT2D eigenvalue weighted by atomic mass is 9.96. The van der Waals surface area contributed by atoms with Crippen LogP contribution in [0.3, 0.4) is 0 Å². The molecule has 0 fully saturated rings. The highest BCUT2D eigenvalue weighted by molar-refractivity contribution is 6.00. The molecule has 3 rings (SSSR count). The van der Waals surface area contributed by atoms with Gasteiger partial charge in [0.15, 0.2) is 0 Å². The van der Waals surface area contributed by atoms with Gasteiger partial charge in [0.2, 0.25) is 0 Å². The minimum absolute atomic E-state index is 1.01. The Morgan fingerprint density at radius 3 is 2.11 bits per heavy atom. The molecule has 0 N–H and O–H groups in total. The van der Waals surface area contributed by atoms with Crippen molar-refractivity contribution in [2.24, 2.45) is 0 Å². The van der Waals surface area contributed by atoms with Crippen molar-refractivity contribution in [3.8, 4) is 0 Å². The predicted molar refractivity (Wildman–Crippen MR) is 82.7 cm³/mol. The molecule has 0 aliphatic carbocycles. The summed E-state index contributed by atoms with van der Waals surface area (Å²) in [5.74, 6) is 0. The second-order valence-corrected chi connectivity index (χ2v) is 5.07. The summed E-state index contributed by atoms with van der Waals surface area (Å²) in [7, 11) is 0. The van der Waals surface area contributed by atoms with Gasteiger partial charge in [0, 0.05) is 16.8 Å². The van der Waals surface area contributed by atoms with Crippen LogP contribution in [0.4, 0.5) is 0 Å². The van der Waals surface area contributed by atoms with Gasteiger partial charge in [-0.15, -0.1) is 0 Å². The fraction of sp³-hybridized carbons (Fsp3) is 0.278. The van der Waals surface area contributed by atoms with Gasteiger partial charge in [0.1, 0.15) is 0 Å². The number of hydrogen-bond donors (Lipinski definition) is 0. The molecule has 0 spiro atoms. The van der Waals surface area contributed by atoms with Crippen molar-refractivity contribution in [2.45, 2.75) is 33.6 Å². The van der Waals surface area contributed by atoms with Gasteiger partial charge in [0.25, 0.3) is 0 Å². The summed E-state index contributed by atoms with van der Waals surface area (Å²) < 4.78 is 0. The number of hydrogen-bond acceptors (Lipinski definition) is 1. The van der Waals surface area contributed by atoms with Crippen molar-refractivity contribution in [2.75, 3.05) is 0 Å². The molecule has 1 heterocycles. The van der Waals surface area contributed by atoms with Gasteiger partial charge in [-0.2, -0.15) is 0 Å².